The van der Waals surface area contributed by atoms with Crippen molar-refractivity contribution in [1.29, 1.82) is 0 Å². The highest BCUT2D eigenvalue weighted by molar-refractivity contribution is 5.92. The lowest BCUT2D eigenvalue weighted by Crippen LogP contribution is -2.28. The number of ether oxygens (including phenoxy) is 1. The Kier molecular flexibility index (Phi) is 3.80. The zero-order chi connectivity index (χ0) is 14.9. The Bertz CT molecular complexity index is 739. The Hall–Kier alpha value is -2.28. The summed E-state index contributed by atoms with van der Waals surface area (Å²) in [6, 6.07) is 2.71. The van der Waals surface area contributed by atoms with Gasteiger partial charge in [-0.1, -0.05) is 0 Å². The standard InChI is InChI=1S/C13H11F2NO4/c1-20-3-2-16-11(13(18)19)5-7-4-9(14)10(15)6-8(7)12(16)17/h4-6H,2-3H2,1H3,(H,18,19). The molecule has 0 unspecified atom stereocenters. The zero-order valence-electron chi connectivity index (χ0n) is 10.5. The molecule has 2 aromatic rings. The molecule has 1 aromatic heterocycles. The number of benzene rings is 1. The Balaban J connectivity index is 2.79. The van der Waals surface area contributed by atoms with Crippen molar-refractivity contribution in [2.45, 2.75) is 6.54 Å². The van der Waals surface area contributed by atoms with Crippen LogP contribution in [0.15, 0.2) is 23.0 Å². The van der Waals surface area contributed by atoms with Crippen molar-refractivity contribution in [3.63, 3.8) is 0 Å². The van der Waals surface area contributed by atoms with Crippen molar-refractivity contribution in [2.75, 3.05) is 13.7 Å². The van der Waals surface area contributed by atoms with Crippen molar-refractivity contribution in [3.05, 3.63) is 45.9 Å². The number of fused-ring (bicyclic) bond motifs is 1. The largest absolute Gasteiger partial charge is 0.477 e. The van der Waals surface area contributed by atoms with Gasteiger partial charge in [0.2, 0.25) is 0 Å². The number of nitrogens with zero attached hydrogens (tertiary/aromatic N) is 1. The molecule has 0 aliphatic carbocycles. The molecule has 0 saturated heterocycles. The van der Waals surface area contributed by atoms with Crippen LogP contribution in [0.5, 0.6) is 0 Å². The minimum atomic E-state index is -1.33. The zero-order valence-corrected chi connectivity index (χ0v) is 10.5. The van der Waals surface area contributed by atoms with Gasteiger partial charge in [-0.3, -0.25) is 9.36 Å². The summed E-state index contributed by atoms with van der Waals surface area (Å²) in [5.41, 5.74) is -0.999. The van der Waals surface area contributed by atoms with Gasteiger partial charge in [-0.2, -0.15) is 0 Å². The third kappa shape index (κ3) is 2.39. The summed E-state index contributed by atoms with van der Waals surface area (Å²) in [6.45, 7) is 0.126. The van der Waals surface area contributed by atoms with Crippen LogP contribution in [0.25, 0.3) is 10.8 Å². The maximum absolute atomic E-state index is 13.2. The number of hydrogen-bond donors (Lipinski definition) is 1. The first-order valence-corrected chi connectivity index (χ1v) is 5.70. The molecule has 0 spiro atoms. The minimum absolute atomic E-state index is 0.00586. The van der Waals surface area contributed by atoms with E-state index >= 15 is 0 Å². The summed E-state index contributed by atoms with van der Waals surface area (Å²) in [5, 5.41) is 9.07. The summed E-state index contributed by atoms with van der Waals surface area (Å²) in [5.74, 6) is -3.62. The second-order valence-electron chi connectivity index (χ2n) is 4.14. The molecule has 0 bridgehead atoms. The SMILES string of the molecule is COCCn1c(C(=O)O)cc2cc(F)c(F)cc2c1=O. The molecule has 0 saturated carbocycles. The monoisotopic (exact) mass is 283 g/mol. The highest BCUT2D eigenvalue weighted by Gasteiger charge is 2.16. The van der Waals surface area contributed by atoms with Crippen molar-refractivity contribution in [1.82, 2.24) is 4.57 Å². The maximum atomic E-state index is 13.2. The van der Waals surface area contributed by atoms with E-state index < -0.39 is 23.2 Å². The molecule has 0 radical (unpaired) electrons. The van der Waals surface area contributed by atoms with E-state index in [9.17, 15) is 18.4 Å². The van der Waals surface area contributed by atoms with Crippen LogP contribution in [0.3, 0.4) is 0 Å². The van der Waals surface area contributed by atoms with Crippen LogP contribution in [0, 0.1) is 11.6 Å². The number of hydrogen-bond acceptors (Lipinski definition) is 3. The van der Waals surface area contributed by atoms with E-state index in [2.05, 4.69) is 0 Å². The molecule has 0 fully saturated rings. The molecule has 1 heterocycles. The average Bonchev–Trinajstić information content (AvgIpc) is 2.39. The Morgan fingerprint density at radius 3 is 2.55 bits per heavy atom. The van der Waals surface area contributed by atoms with Crippen LogP contribution in [-0.4, -0.2) is 29.4 Å². The second-order valence-corrected chi connectivity index (χ2v) is 4.14. The van der Waals surface area contributed by atoms with Crippen LogP contribution in [-0.2, 0) is 11.3 Å². The molecule has 2 rings (SSSR count). The Morgan fingerprint density at radius 1 is 1.30 bits per heavy atom. The number of methoxy groups -OCH3 is 1. The lowest BCUT2D eigenvalue weighted by Gasteiger charge is -2.11. The van der Waals surface area contributed by atoms with E-state index in [1.807, 2.05) is 0 Å². The van der Waals surface area contributed by atoms with Gasteiger partial charge in [0.15, 0.2) is 11.6 Å². The number of carbonyl (C=O) groups is 1. The minimum Gasteiger partial charge on any atom is -0.477 e. The van der Waals surface area contributed by atoms with Crippen LogP contribution in [0.4, 0.5) is 8.78 Å². The van der Waals surface area contributed by atoms with Crippen molar-refractivity contribution in [2.24, 2.45) is 0 Å². The molecular weight excluding hydrogens is 272 g/mol. The predicted octanol–water partition coefficient (Wildman–Crippen LogP) is 1.62. The highest BCUT2D eigenvalue weighted by atomic mass is 19.2. The summed E-state index contributed by atoms with van der Waals surface area (Å²) >= 11 is 0. The molecule has 1 N–H and O–H groups in total. The van der Waals surface area contributed by atoms with Gasteiger partial charge in [-0.25, -0.2) is 13.6 Å². The van der Waals surface area contributed by atoms with Crippen LogP contribution >= 0.6 is 0 Å². The molecule has 20 heavy (non-hydrogen) atoms. The molecule has 5 nitrogen and oxygen atoms in total. The lowest BCUT2D eigenvalue weighted by atomic mass is 10.1. The smallest absolute Gasteiger partial charge is 0.352 e. The normalized spacial score (nSPS) is 10.9. The molecule has 0 aliphatic rings. The molecule has 0 aliphatic heterocycles. The molecular formula is C13H11F2NO4. The van der Waals surface area contributed by atoms with Gasteiger partial charge in [0, 0.05) is 13.7 Å². The molecule has 0 atom stereocenters. The van der Waals surface area contributed by atoms with Crippen LogP contribution in [0.2, 0.25) is 0 Å². The summed E-state index contributed by atoms with van der Waals surface area (Å²) in [6.07, 6.45) is 0. The van der Waals surface area contributed by atoms with Gasteiger partial charge >= 0.3 is 5.97 Å². The van der Waals surface area contributed by atoms with Gasteiger partial charge in [0.05, 0.1) is 12.0 Å². The van der Waals surface area contributed by atoms with Crippen molar-refractivity contribution in [3.8, 4) is 0 Å². The van der Waals surface area contributed by atoms with E-state index in [0.717, 1.165) is 22.8 Å². The van der Waals surface area contributed by atoms with Crippen LogP contribution < -0.4 is 5.56 Å². The molecule has 1 aromatic carbocycles. The van der Waals surface area contributed by atoms with E-state index in [1.165, 1.54) is 7.11 Å². The first-order valence-electron chi connectivity index (χ1n) is 5.70. The average molecular weight is 283 g/mol. The fourth-order valence-corrected chi connectivity index (χ4v) is 1.93. The van der Waals surface area contributed by atoms with Crippen LogP contribution in [0.1, 0.15) is 10.5 Å². The number of aromatic nitrogens is 1. The van der Waals surface area contributed by atoms with E-state index in [0.29, 0.717) is 0 Å². The summed E-state index contributed by atoms with van der Waals surface area (Å²) in [7, 11) is 1.40. The number of rotatable bonds is 4. The quantitative estimate of drug-likeness (QED) is 0.926. The third-order valence-corrected chi connectivity index (χ3v) is 2.89. The number of halogens is 2. The predicted molar refractivity (Wildman–Crippen MR) is 67.0 cm³/mol. The first-order chi connectivity index (χ1) is 9.45. The van der Waals surface area contributed by atoms with Crippen molar-refractivity contribution >= 4 is 16.7 Å². The number of carboxylic acids is 1. The topological polar surface area (TPSA) is 68.5 Å². The summed E-state index contributed by atoms with van der Waals surface area (Å²) < 4.78 is 32.1. The third-order valence-electron chi connectivity index (χ3n) is 2.89. The Morgan fingerprint density at radius 2 is 1.95 bits per heavy atom. The Labute approximate surface area is 112 Å². The van der Waals surface area contributed by atoms with Gasteiger partial charge in [0.25, 0.3) is 5.56 Å². The van der Waals surface area contributed by atoms with Gasteiger partial charge < -0.3 is 9.84 Å². The van der Waals surface area contributed by atoms with E-state index in [1.54, 1.807) is 0 Å². The molecule has 0 amide bonds. The lowest BCUT2D eigenvalue weighted by molar-refractivity contribution is 0.0681. The fourth-order valence-electron chi connectivity index (χ4n) is 1.93. The highest BCUT2D eigenvalue weighted by Crippen LogP contribution is 2.17. The summed E-state index contributed by atoms with van der Waals surface area (Å²) in [4.78, 5) is 23.3. The number of carboxylic acid groups (broad SMARTS) is 1. The van der Waals surface area contributed by atoms with E-state index in [-0.39, 0.29) is 29.6 Å². The second kappa shape index (κ2) is 5.38. The molecule has 106 valence electrons. The number of pyridine rings is 1. The van der Waals surface area contributed by atoms with E-state index in [4.69, 9.17) is 9.84 Å². The van der Waals surface area contributed by atoms with Crippen molar-refractivity contribution < 1.29 is 23.4 Å². The van der Waals surface area contributed by atoms with Gasteiger partial charge in [-0.15, -0.1) is 0 Å². The molecule has 7 heteroatoms. The van der Waals surface area contributed by atoms with Gasteiger partial charge in [0.1, 0.15) is 5.69 Å². The van der Waals surface area contributed by atoms with Gasteiger partial charge in [-0.05, 0) is 23.6 Å². The number of aromatic carboxylic acids is 1. The first kappa shape index (κ1) is 14.1. The maximum Gasteiger partial charge on any atom is 0.352 e. The fraction of sp³-hybridized carbons (Fsp3) is 0.231.